The minimum atomic E-state index is -4.64. The highest BCUT2D eigenvalue weighted by atomic mass is 35.5. The third-order valence-corrected chi connectivity index (χ3v) is 5.96. The average Bonchev–Trinajstić information content (AvgIpc) is 3.33. The summed E-state index contributed by atoms with van der Waals surface area (Å²) in [5.41, 5.74) is -0.887. The van der Waals surface area contributed by atoms with Crippen molar-refractivity contribution in [2.24, 2.45) is 0 Å². The highest BCUT2D eigenvalue weighted by molar-refractivity contribution is 6.33. The van der Waals surface area contributed by atoms with E-state index < -0.39 is 41.8 Å². The molecule has 0 saturated carbocycles. The average molecular weight is 499 g/mol. The van der Waals surface area contributed by atoms with Crippen LogP contribution in [0.4, 0.5) is 18.9 Å². The molecule has 2 aromatic carbocycles. The third kappa shape index (κ3) is 4.00. The van der Waals surface area contributed by atoms with Gasteiger partial charge in [-0.25, -0.2) is 4.79 Å². The van der Waals surface area contributed by atoms with E-state index >= 15 is 0 Å². The van der Waals surface area contributed by atoms with Gasteiger partial charge in [-0.2, -0.15) is 13.2 Å². The highest BCUT2D eigenvalue weighted by Crippen LogP contribution is 2.45. The van der Waals surface area contributed by atoms with Gasteiger partial charge in [-0.3, -0.25) is 14.5 Å². The van der Waals surface area contributed by atoms with Gasteiger partial charge in [-0.05, 0) is 36.8 Å². The molecule has 0 aromatic heterocycles. The lowest BCUT2D eigenvalue weighted by atomic mass is 10.0. The second-order valence-corrected chi connectivity index (χ2v) is 7.97. The molecule has 2 amide bonds. The molecule has 1 fully saturated rings. The Balaban J connectivity index is 1.65. The number of ether oxygens (including phenoxy) is 3. The first-order valence-electron chi connectivity index (χ1n) is 10.0. The number of methoxy groups -OCH3 is 2. The zero-order valence-corrected chi connectivity index (χ0v) is 18.6. The maximum atomic E-state index is 13.1. The zero-order chi connectivity index (χ0) is 24.8. The molecule has 12 heteroatoms. The lowest BCUT2D eigenvalue weighted by Crippen LogP contribution is -2.44. The van der Waals surface area contributed by atoms with Crippen LogP contribution < -0.4 is 14.8 Å². The molecular weight excluding hydrogens is 481 g/mol. The molecule has 1 saturated heterocycles. The van der Waals surface area contributed by atoms with E-state index in [0.717, 1.165) is 17.0 Å². The van der Waals surface area contributed by atoms with Gasteiger partial charge in [0, 0.05) is 12.0 Å². The molecule has 34 heavy (non-hydrogen) atoms. The summed E-state index contributed by atoms with van der Waals surface area (Å²) in [4.78, 5) is 39.4. The predicted octanol–water partition coefficient (Wildman–Crippen LogP) is 4.17. The standard InChI is InChI=1S/C22H18ClF3N2O6/c1-32-15-7-4-11-17(18(15)33-2)21(31)34-20(11)28-14(6-8-16(28)29)19(30)27-13-9-10(22(24,25)26)3-5-12(13)23/h3-5,7,9,14,20H,6,8H2,1-2H3,(H,27,30)/t14-,20?/m0/s1. The van der Waals surface area contributed by atoms with Gasteiger partial charge in [0.1, 0.15) is 11.6 Å². The number of nitrogens with one attached hydrogen (secondary N) is 1. The number of anilines is 1. The smallest absolute Gasteiger partial charge is 0.416 e. The van der Waals surface area contributed by atoms with Crippen LogP contribution in [-0.4, -0.2) is 42.9 Å². The second kappa shape index (κ2) is 8.71. The molecule has 0 bridgehead atoms. The van der Waals surface area contributed by atoms with Crippen molar-refractivity contribution in [1.82, 2.24) is 4.90 Å². The van der Waals surface area contributed by atoms with Crippen LogP contribution in [0.3, 0.4) is 0 Å². The van der Waals surface area contributed by atoms with Crippen molar-refractivity contribution in [3.63, 3.8) is 0 Å². The number of amides is 2. The van der Waals surface area contributed by atoms with Crippen LogP contribution >= 0.6 is 11.6 Å². The zero-order valence-electron chi connectivity index (χ0n) is 17.9. The number of alkyl halides is 3. The van der Waals surface area contributed by atoms with Crippen molar-refractivity contribution in [1.29, 1.82) is 0 Å². The predicted molar refractivity (Wildman–Crippen MR) is 113 cm³/mol. The Morgan fingerprint density at radius 3 is 2.56 bits per heavy atom. The van der Waals surface area contributed by atoms with E-state index in [0.29, 0.717) is 11.6 Å². The Morgan fingerprint density at radius 2 is 1.91 bits per heavy atom. The fourth-order valence-corrected chi connectivity index (χ4v) is 4.22. The number of carbonyl (C=O) groups excluding carboxylic acids is 3. The van der Waals surface area contributed by atoms with E-state index in [9.17, 15) is 27.6 Å². The van der Waals surface area contributed by atoms with Gasteiger partial charge in [-0.1, -0.05) is 11.6 Å². The summed E-state index contributed by atoms with van der Waals surface area (Å²) in [6.45, 7) is 0. The number of benzene rings is 2. The highest BCUT2D eigenvalue weighted by Gasteiger charge is 2.48. The number of halogens is 4. The lowest BCUT2D eigenvalue weighted by Gasteiger charge is -2.29. The number of hydrogen-bond acceptors (Lipinski definition) is 6. The van der Waals surface area contributed by atoms with Crippen molar-refractivity contribution in [3.05, 3.63) is 52.0 Å². The molecule has 1 N–H and O–H groups in total. The molecule has 1 unspecified atom stereocenters. The van der Waals surface area contributed by atoms with Crippen LogP contribution in [-0.2, 0) is 20.5 Å². The summed E-state index contributed by atoms with van der Waals surface area (Å²) in [5.74, 6) is -1.60. The van der Waals surface area contributed by atoms with Crippen LogP contribution in [0.5, 0.6) is 11.5 Å². The van der Waals surface area contributed by atoms with E-state index in [1.807, 2.05) is 0 Å². The summed E-state index contributed by atoms with van der Waals surface area (Å²) < 4.78 is 55.1. The van der Waals surface area contributed by atoms with Gasteiger partial charge in [0.15, 0.2) is 11.5 Å². The number of carbonyl (C=O) groups is 3. The van der Waals surface area contributed by atoms with Gasteiger partial charge in [0.25, 0.3) is 0 Å². The largest absolute Gasteiger partial charge is 0.493 e. The van der Waals surface area contributed by atoms with Crippen LogP contribution in [0.15, 0.2) is 30.3 Å². The molecule has 2 aromatic rings. The molecule has 0 aliphatic carbocycles. The number of likely N-dealkylation sites (tertiary alicyclic amines) is 1. The maximum Gasteiger partial charge on any atom is 0.416 e. The third-order valence-electron chi connectivity index (χ3n) is 5.63. The van der Waals surface area contributed by atoms with E-state index in [1.165, 1.54) is 26.4 Å². The molecule has 0 radical (unpaired) electrons. The molecule has 2 atom stereocenters. The maximum absolute atomic E-state index is 13.1. The Kier molecular flexibility index (Phi) is 6.07. The summed E-state index contributed by atoms with van der Waals surface area (Å²) in [6, 6.07) is 4.46. The Hall–Kier alpha value is -3.47. The number of hydrogen-bond donors (Lipinski definition) is 1. The van der Waals surface area contributed by atoms with Crippen molar-refractivity contribution in [2.75, 3.05) is 19.5 Å². The van der Waals surface area contributed by atoms with Crippen LogP contribution in [0.2, 0.25) is 5.02 Å². The monoisotopic (exact) mass is 498 g/mol. The van der Waals surface area contributed by atoms with E-state index in [4.69, 9.17) is 25.8 Å². The number of cyclic esters (lactones) is 1. The molecule has 180 valence electrons. The van der Waals surface area contributed by atoms with E-state index in [1.54, 1.807) is 0 Å². The Bertz CT molecular complexity index is 1190. The van der Waals surface area contributed by atoms with Crippen molar-refractivity contribution in [2.45, 2.75) is 31.3 Å². The van der Waals surface area contributed by atoms with Crippen LogP contribution in [0.1, 0.15) is 40.6 Å². The summed E-state index contributed by atoms with van der Waals surface area (Å²) in [6.07, 6.45) is -5.81. The number of fused-ring (bicyclic) bond motifs is 1. The van der Waals surface area contributed by atoms with E-state index in [-0.39, 0.29) is 40.6 Å². The van der Waals surface area contributed by atoms with Crippen LogP contribution in [0, 0.1) is 0 Å². The van der Waals surface area contributed by atoms with Gasteiger partial charge in [0.2, 0.25) is 18.0 Å². The van der Waals surface area contributed by atoms with Crippen molar-refractivity contribution >= 4 is 35.1 Å². The number of esters is 1. The summed E-state index contributed by atoms with van der Waals surface area (Å²) in [5, 5.41) is 2.26. The minimum Gasteiger partial charge on any atom is -0.493 e. The normalized spacial score (nSPS) is 19.6. The minimum absolute atomic E-state index is 0.0227. The fourth-order valence-electron chi connectivity index (χ4n) is 4.06. The number of nitrogens with zero attached hydrogens (tertiary/aromatic N) is 1. The lowest BCUT2D eigenvalue weighted by molar-refractivity contribution is -0.144. The molecule has 2 heterocycles. The van der Waals surface area contributed by atoms with Gasteiger partial charge < -0.3 is 19.5 Å². The first kappa shape index (κ1) is 23.7. The van der Waals surface area contributed by atoms with Gasteiger partial charge >= 0.3 is 12.1 Å². The Labute approximate surface area is 196 Å². The summed E-state index contributed by atoms with van der Waals surface area (Å²) >= 11 is 5.98. The number of rotatable bonds is 5. The molecule has 2 aliphatic rings. The SMILES string of the molecule is COc1ccc2c(c1OC)C(=O)OC2N1C(=O)CC[C@H]1C(=O)Nc1cc(C(F)(F)F)ccc1Cl. The second-order valence-electron chi connectivity index (χ2n) is 7.56. The molecular formula is C22H18ClF3N2O6. The molecule has 8 nitrogen and oxygen atoms in total. The Morgan fingerprint density at radius 1 is 1.18 bits per heavy atom. The van der Waals surface area contributed by atoms with Crippen molar-refractivity contribution in [3.8, 4) is 11.5 Å². The topological polar surface area (TPSA) is 94.2 Å². The van der Waals surface area contributed by atoms with Gasteiger partial charge in [-0.15, -0.1) is 0 Å². The van der Waals surface area contributed by atoms with Gasteiger partial charge in [0.05, 0.1) is 30.5 Å². The first-order valence-corrected chi connectivity index (χ1v) is 10.4. The fraction of sp³-hybridized carbons (Fsp3) is 0.318. The van der Waals surface area contributed by atoms with E-state index in [2.05, 4.69) is 5.32 Å². The quantitative estimate of drug-likeness (QED) is 0.622. The van der Waals surface area contributed by atoms with Crippen molar-refractivity contribution < 1.29 is 41.8 Å². The summed E-state index contributed by atoms with van der Waals surface area (Å²) in [7, 11) is 2.74. The molecule has 0 spiro atoms. The van der Waals surface area contributed by atoms with Crippen LogP contribution in [0.25, 0.3) is 0 Å². The molecule has 2 aliphatic heterocycles. The molecule has 4 rings (SSSR count). The first-order chi connectivity index (χ1) is 16.1.